The summed E-state index contributed by atoms with van der Waals surface area (Å²) >= 11 is 0. The van der Waals surface area contributed by atoms with Gasteiger partial charge >= 0.3 is 0 Å². The van der Waals surface area contributed by atoms with E-state index in [0.29, 0.717) is 12.1 Å². The average Bonchev–Trinajstić information content (AvgIpc) is 2.96. The van der Waals surface area contributed by atoms with E-state index in [1.54, 1.807) is 4.90 Å². The van der Waals surface area contributed by atoms with Gasteiger partial charge in [-0.1, -0.05) is 56.7 Å². The van der Waals surface area contributed by atoms with Crippen LogP contribution in [0.1, 0.15) is 61.9 Å². The van der Waals surface area contributed by atoms with Gasteiger partial charge in [-0.2, -0.15) is 0 Å². The second kappa shape index (κ2) is 7.83. The van der Waals surface area contributed by atoms with E-state index in [2.05, 4.69) is 6.92 Å². The van der Waals surface area contributed by atoms with Crippen molar-refractivity contribution < 1.29 is 14.7 Å². The van der Waals surface area contributed by atoms with Crippen LogP contribution < -0.4 is 4.90 Å². The fourth-order valence-electron chi connectivity index (χ4n) is 3.48. The Balaban J connectivity index is 1.90. The lowest BCUT2D eigenvalue weighted by Gasteiger charge is -2.24. The molecule has 0 spiro atoms. The summed E-state index contributed by atoms with van der Waals surface area (Å²) in [6.07, 6.45) is 1.97. The third-order valence-electron chi connectivity index (χ3n) is 4.98. The van der Waals surface area contributed by atoms with Crippen molar-refractivity contribution in [3.8, 4) is 0 Å². The van der Waals surface area contributed by atoms with E-state index in [9.17, 15) is 14.7 Å². The van der Waals surface area contributed by atoms with Gasteiger partial charge in [-0.3, -0.25) is 14.5 Å². The second-order valence-electron chi connectivity index (χ2n) is 6.80. The number of hydrogen-bond donors (Lipinski definition) is 1. The number of Topliss-reactive ketones (excluding diaryl/α,β-unsaturated/α-hetero) is 1. The van der Waals surface area contributed by atoms with Crippen LogP contribution in [-0.2, 0) is 16.0 Å². The van der Waals surface area contributed by atoms with Gasteiger partial charge < -0.3 is 5.11 Å². The molecule has 0 radical (unpaired) electrons. The predicted octanol–water partition coefficient (Wildman–Crippen LogP) is 4.13. The third kappa shape index (κ3) is 3.56. The molecule has 1 aliphatic rings. The van der Waals surface area contributed by atoms with E-state index in [1.807, 2.05) is 55.5 Å². The van der Waals surface area contributed by atoms with Gasteiger partial charge in [-0.25, -0.2) is 0 Å². The number of carbonyl (C=O) groups is 2. The van der Waals surface area contributed by atoms with Crippen molar-refractivity contribution in [2.45, 2.75) is 51.7 Å². The molecule has 0 aromatic heterocycles. The van der Waals surface area contributed by atoms with Crippen LogP contribution in [0.2, 0.25) is 0 Å². The molecule has 3 rings (SSSR count). The van der Waals surface area contributed by atoms with Gasteiger partial charge in [0, 0.05) is 5.69 Å². The first-order chi connectivity index (χ1) is 12.5. The normalized spacial score (nSPS) is 18.4. The largest absolute Gasteiger partial charge is 0.388 e. The SMILES string of the molecule is CCCC(O)c1ccc(N2C(=O)CC(=O)C2c2ccc(CC)cc2)cc1. The second-order valence-corrected chi connectivity index (χ2v) is 6.80. The summed E-state index contributed by atoms with van der Waals surface area (Å²) in [5.41, 5.74) is 3.56. The molecular formula is C22H25NO3. The lowest BCUT2D eigenvalue weighted by Crippen LogP contribution is -2.28. The van der Waals surface area contributed by atoms with Gasteiger partial charge in [-0.15, -0.1) is 0 Å². The summed E-state index contributed by atoms with van der Waals surface area (Å²) in [5, 5.41) is 10.1. The Morgan fingerprint density at radius 2 is 1.69 bits per heavy atom. The molecule has 1 fully saturated rings. The zero-order chi connectivity index (χ0) is 18.7. The maximum atomic E-state index is 12.5. The quantitative estimate of drug-likeness (QED) is 0.796. The molecule has 2 aromatic rings. The monoisotopic (exact) mass is 351 g/mol. The van der Waals surface area contributed by atoms with Gasteiger partial charge in [0.25, 0.3) is 0 Å². The number of aryl methyl sites for hydroxylation is 1. The van der Waals surface area contributed by atoms with Crippen molar-refractivity contribution in [1.29, 1.82) is 0 Å². The van der Waals surface area contributed by atoms with Gasteiger partial charge in [0.05, 0.1) is 12.5 Å². The minimum absolute atomic E-state index is 0.0690. The first-order valence-corrected chi connectivity index (χ1v) is 9.26. The molecule has 1 saturated heterocycles. The molecular weight excluding hydrogens is 326 g/mol. The first-order valence-electron chi connectivity index (χ1n) is 9.26. The summed E-state index contributed by atoms with van der Waals surface area (Å²) in [6, 6.07) is 14.6. The first kappa shape index (κ1) is 18.3. The minimum atomic E-state index is -0.570. The molecule has 2 atom stereocenters. The molecule has 1 heterocycles. The van der Waals surface area contributed by atoms with Crippen molar-refractivity contribution in [3.05, 3.63) is 65.2 Å². The van der Waals surface area contributed by atoms with Gasteiger partial charge in [0.15, 0.2) is 5.78 Å². The highest BCUT2D eigenvalue weighted by molar-refractivity contribution is 6.17. The fraction of sp³-hybridized carbons (Fsp3) is 0.364. The van der Waals surface area contributed by atoms with Crippen LogP contribution >= 0.6 is 0 Å². The maximum absolute atomic E-state index is 12.5. The number of aliphatic hydroxyl groups excluding tert-OH is 1. The molecule has 2 unspecified atom stereocenters. The third-order valence-corrected chi connectivity index (χ3v) is 4.98. The Labute approximate surface area is 154 Å². The lowest BCUT2D eigenvalue weighted by molar-refractivity contribution is -0.121. The lowest BCUT2D eigenvalue weighted by atomic mass is 10.0. The Hall–Kier alpha value is -2.46. The van der Waals surface area contributed by atoms with Crippen LogP contribution in [0, 0.1) is 0 Å². The number of nitrogens with zero attached hydrogens (tertiary/aromatic N) is 1. The maximum Gasteiger partial charge on any atom is 0.235 e. The Morgan fingerprint density at radius 1 is 1.04 bits per heavy atom. The van der Waals surface area contributed by atoms with E-state index in [1.165, 1.54) is 5.56 Å². The summed E-state index contributed by atoms with van der Waals surface area (Å²) in [4.78, 5) is 26.5. The van der Waals surface area contributed by atoms with Crippen molar-refractivity contribution in [2.24, 2.45) is 0 Å². The van der Waals surface area contributed by atoms with E-state index in [0.717, 1.165) is 24.0 Å². The highest BCUT2D eigenvalue weighted by Gasteiger charge is 2.40. The number of hydrogen-bond acceptors (Lipinski definition) is 3. The topological polar surface area (TPSA) is 57.6 Å². The van der Waals surface area contributed by atoms with E-state index in [4.69, 9.17) is 0 Å². The Morgan fingerprint density at radius 3 is 2.27 bits per heavy atom. The van der Waals surface area contributed by atoms with Crippen molar-refractivity contribution in [2.75, 3.05) is 4.90 Å². The van der Waals surface area contributed by atoms with Crippen LogP contribution in [0.25, 0.3) is 0 Å². The molecule has 2 aromatic carbocycles. The number of anilines is 1. The van der Waals surface area contributed by atoms with E-state index < -0.39 is 12.1 Å². The number of rotatable bonds is 6. The number of aliphatic hydroxyl groups is 1. The van der Waals surface area contributed by atoms with Crippen molar-refractivity contribution in [1.82, 2.24) is 0 Å². The molecule has 1 aliphatic heterocycles. The van der Waals surface area contributed by atoms with Crippen LogP contribution in [0.5, 0.6) is 0 Å². The van der Waals surface area contributed by atoms with E-state index >= 15 is 0 Å². The zero-order valence-electron chi connectivity index (χ0n) is 15.3. The summed E-state index contributed by atoms with van der Waals surface area (Å²) in [6.45, 7) is 4.11. The van der Waals surface area contributed by atoms with Gasteiger partial charge in [0.1, 0.15) is 6.04 Å². The molecule has 0 aliphatic carbocycles. The Bertz CT molecular complexity index is 780. The number of carbonyl (C=O) groups excluding carboxylic acids is 2. The van der Waals surface area contributed by atoms with Crippen LogP contribution in [-0.4, -0.2) is 16.8 Å². The molecule has 136 valence electrons. The van der Waals surface area contributed by atoms with Crippen LogP contribution in [0.15, 0.2) is 48.5 Å². The number of amides is 1. The molecule has 26 heavy (non-hydrogen) atoms. The van der Waals surface area contributed by atoms with Crippen LogP contribution in [0.3, 0.4) is 0 Å². The average molecular weight is 351 g/mol. The fourth-order valence-corrected chi connectivity index (χ4v) is 3.48. The van der Waals surface area contributed by atoms with Crippen LogP contribution in [0.4, 0.5) is 5.69 Å². The molecule has 0 bridgehead atoms. The molecule has 4 heteroatoms. The molecule has 1 amide bonds. The molecule has 4 nitrogen and oxygen atoms in total. The predicted molar refractivity (Wildman–Crippen MR) is 102 cm³/mol. The molecule has 0 saturated carbocycles. The summed E-state index contributed by atoms with van der Waals surface area (Å²) < 4.78 is 0. The van der Waals surface area contributed by atoms with Crippen molar-refractivity contribution in [3.63, 3.8) is 0 Å². The standard InChI is InChI=1S/C22H25NO3/c1-3-5-19(24)16-10-12-18(13-11-16)23-21(26)14-20(25)22(23)17-8-6-15(4-2)7-9-17/h6-13,19,22,24H,3-5,14H2,1-2H3. The minimum Gasteiger partial charge on any atom is -0.388 e. The van der Waals surface area contributed by atoms with E-state index in [-0.39, 0.29) is 18.1 Å². The van der Waals surface area contributed by atoms with Gasteiger partial charge in [-0.05, 0) is 41.7 Å². The van der Waals surface area contributed by atoms with Gasteiger partial charge in [0.2, 0.25) is 5.91 Å². The summed E-state index contributed by atoms with van der Waals surface area (Å²) in [5.74, 6) is -0.254. The number of ketones is 1. The van der Waals surface area contributed by atoms with Crippen molar-refractivity contribution >= 4 is 17.4 Å². The highest BCUT2D eigenvalue weighted by Crippen LogP contribution is 2.35. The summed E-state index contributed by atoms with van der Waals surface area (Å²) in [7, 11) is 0. The smallest absolute Gasteiger partial charge is 0.235 e. The molecule has 1 N–H and O–H groups in total. The zero-order valence-corrected chi connectivity index (χ0v) is 15.3. The highest BCUT2D eigenvalue weighted by atomic mass is 16.3. The number of benzene rings is 2. The Kier molecular flexibility index (Phi) is 5.52.